The summed E-state index contributed by atoms with van der Waals surface area (Å²) in [7, 11) is 0. The molecule has 23 heavy (non-hydrogen) atoms. The molecule has 1 aliphatic rings. The average molecular weight is 317 g/mol. The van der Waals surface area contributed by atoms with Gasteiger partial charge in [-0.15, -0.1) is 0 Å². The molecule has 1 aromatic rings. The van der Waals surface area contributed by atoms with Crippen LogP contribution in [0.4, 0.5) is 5.69 Å². The zero-order valence-electron chi connectivity index (χ0n) is 14.8. The second kappa shape index (κ2) is 8.92. The highest BCUT2D eigenvalue weighted by Crippen LogP contribution is 2.15. The quantitative estimate of drug-likeness (QED) is 0.800. The molecule has 0 aliphatic carbocycles. The van der Waals surface area contributed by atoms with Crippen LogP contribution in [0.15, 0.2) is 24.3 Å². The number of hydrogen-bond acceptors (Lipinski definition) is 3. The Balaban J connectivity index is 1.80. The van der Waals surface area contributed by atoms with Crippen molar-refractivity contribution in [3.8, 4) is 0 Å². The Morgan fingerprint density at radius 3 is 2.35 bits per heavy atom. The highest BCUT2D eigenvalue weighted by atomic mass is 16.1. The Hall–Kier alpha value is -1.55. The maximum atomic E-state index is 12.3. The van der Waals surface area contributed by atoms with Crippen LogP contribution in [-0.4, -0.2) is 50.1 Å². The van der Waals surface area contributed by atoms with E-state index in [1.807, 2.05) is 24.3 Å². The largest absolute Gasteiger partial charge is 0.372 e. The van der Waals surface area contributed by atoms with E-state index in [9.17, 15) is 4.79 Å². The second-order valence-electron chi connectivity index (χ2n) is 6.54. The molecular formula is C19H31N3O. The third-order valence-electron chi connectivity index (χ3n) is 4.64. The average Bonchev–Trinajstić information content (AvgIpc) is 3.07. The third kappa shape index (κ3) is 5.24. The lowest BCUT2D eigenvalue weighted by Crippen LogP contribution is -2.34. The predicted octanol–water partition coefficient (Wildman–Crippen LogP) is 2.99. The van der Waals surface area contributed by atoms with Gasteiger partial charge in [-0.05, 0) is 70.0 Å². The van der Waals surface area contributed by atoms with E-state index < -0.39 is 0 Å². The monoisotopic (exact) mass is 317 g/mol. The molecule has 0 radical (unpaired) electrons. The van der Waals surface area contributed by atoms with Crippen molar-refractivity contribution in [3.05, 3.63) is 29.8 Å². The van der Waals surface area contributed by atoms with E-state index in [2.05, 4.69) is 35.9 Å². The summed E-state index contributed by atoms with van der Waals surface area (Å²) in [5.41, 5.74) is 1.92. The van der Waals surface area contributed by atoms with Crippen LogP contribution in [0.2, 0.25) is 0 Å². The van der Waals surface area contributed by atoms with Crippen LogP contribution in [0.3, 0.4) is 0 Å². The molecule has 1 heterocycles. The van der Waals surface area contributed by atoms with Crippen molar-refractivity contribution in [1.82, 2.24) is 10.2 Å². The fourth-order valence-corrected chi connectivity index (χ4v) is 3.25. The lowest BCUT2D eigenvalue weighted by molar-refractivity contribution is 0.0945. The predicted molar refractivity (Wildman–Crippen MR) is 97.2 cm³/mol. The van der Waals surface area contributed by atoms with E-state index in [-0.39, 0.29) is 5.91 Å². The molecule has 2 rings (SSSR count). The van der Waals surface area contributed by atoms with Gasteiger partial charge in [0.1, 0.15) is 0 Å². The van der Waals surface area contributed by atoms with Crippen LogP contribution >= 0.6 is 0 Å². The van der Waals surface area contributed by atoms with Gasteiger partial charge in [-0.1, -0.05) is 6.92 Å². The van der Waals surface area contributed by atoms with E-state index in [1.54, 1.807) is 0 Å². The Morgan fingerprint density at radius 1 is 1.17 bits per heavy atom. The zero-order chi connectivity index (χ0) is 16.7. The highest BCUT2D eigenvalue weighted by Gasteiger charge is 2.15. The number of nitrogens with one attached hydrogen (secondary N) is 1. The third-order valence-corrected chi connectivity index (χ3v) is 4.64. The second-order valence-corrected chi connectivity index (χ2v) is 6.54. The number of carbonyl (C=O) groups excluding carboxylic acids is 1. The Morgan fingerprint density at radius 2 is 1.78 bits per heavy atom. The van der Waals surface area contributed by atoms with Gasteiger partial charge in [0, 0.05) is 37.4 Å². The number of anilines is 1. The topological polar surface area (TPSA) is 35.6 Å². The number of nitrogens with zero attached hydrogens (tertiary/aromatic N) is 2. The molecule has 1 aromatic carbocycles. The number of likely N-dealkylation sites (tertiary alicyclic amines) is 1. The minimum absolute atomic E-state index is 0.0318. The first-order valence-corrected chi connectivity index (χ1v) is 8.99. The number of carbonyl (C=O) groups is 1. The van der Waals surface area contributed by atoms with E-state index in [4.69, 9.17) is 0 Å². The van der Waals surface area contributed by atoms with Crippen molar-refractivity contribution < 1.29 is 4.79 Å². The number of amides is 1. The standard InChI is InChI=1S/C19H31N3O/c1-4-22(5-2)18-10-8-17(9-11-18)19(23)20-14-16(3)15-21-12-6-7-13-21/h8-11,16H,4-7,12-15H2,1-3H3,(H,20,23). The summed E-state index contributed by atoms with van der Waals surface area (Å²) < 4.78 is 0. The first-order valence-electron chi connectivity index (χ1n) is 8.99. The van der Waals surface area contributed by atoms with Gasteiger partial charge in [0.15, 0.2) is 0 Å². The molecule has 1 unspecified atom stereocenters. The van der Waals surface area contributed by atoms with E-state index in [0.717, 1.165) is 31.7 Å². The molecule has 1 aliphatic heterocycles. The lowest BCUT2D eigenvalue weighted by Gasteiger charge is -2.21. The fourth-order valence-electron chi connectivity index (χ4n) is 3.25. The summed E-state index contributed by atoms with van der Waals surface area (Å²) in [4.78, 5) is 17.0. The van der Waals surface area contributed by atoms with Crippen molar-refractivity contribution >= 4 is 11.6 Å². The van der Waals surface area contributed by atoms with Gasteiger partial charge in [-0.2, -0.15) is 0 Å². The number of rotatable bonds is 8. The molecule has 4 heteroatoms. The highest BCUT2D eigenvalue weighted by molar-refractivity contribution is 5.94. The molecular weight excluding hydrogens is 286 g/mol. The van der Waals surface area contributed by atoms with Crippen LogP contribution in [0, 0.1) is 5.92 Å². The zero-order valence-corrected chi connectivity index (χ0v) is 14.8. The van der Waals surface area contributed by atoms with Crippen molar-refractivity contribution in [2.75, 3.05) is 44.2 Å². The minimum Gasteiger partial charge on any atom is -0.372 e. The Labute approximate surface area is 140 Å². The van der Waals surface area contributed by atoms with Crippen molar-refractivity contribution in [2.24, 2.45) is 5.92 Å². The summed E-state index contributed by atoms with van der Waals surface area (Å²) in [6, 6.07) is 7.92. The van der Waals surface area contributed by atoms with Gasteiger partial charge < -0.3 is 15.1 Å². The van der Waals surface area contributed by atoms with Crippen LogP contribution < -0.4 is 10.2 Å². The van der Waals surface area contributed by atoms with Crippen molar-refractivity contribution in [3.63, 3.8) is 0 Å². The van der Waals surface area contributed by atoms with Gasteiger partial charge in [-0.3, -0.25) is 4.79 Å². The smallest absolute Gasteiger partial charge is 0.251 e. The van der Waals surface area contributed by atoms with E-state index in [0.29, 0.717) is 5.92 Å². The summed E-state index contributed by atoms with van der Waals surface area (Å²) in [5.74, 6) is 0.524. The molecule has 1 amide bonds. The first kappa shape index (κ1) is 17.8. The molecule has 128 valence electrons. The van der Waals surface area contributed by atoms with Crippen molar-refractivity contribution in [2.45, 2.75) is 33.6 Å². The molecule has 1 atom stereocenters. The first-order chi connectivity index (χ1) is 11.1. The molecule has 0 aromatic heterocycles. The molecule has 1 saturated heterocycles. The summed E-state index contributed by atoms with van der Waals surface area (Å²) in [6.45, 7) is 12.7. The molecule has 1 fully saturated rings. The van der Waals surface area contributed by atoms with Gasteiger partial charge in [0.05, 0.1) is 0 Å². The molecule has 0 spiro atoms. The maximum absolute atomic E-state index is 12.3. The van der Waals surface area contributed by atoms with Crippen LogP contribution in [0.25, 0.3) is 0 Å². The van der Waals surface area contributed by atoms with Crippen LogP contribution in [0.5, 0.6) is 0 Å². The lowest BCUT2D eigenvalue weighted by atomic mass is 10.1. The summed E-state index contributed by atoms with van der Waals surface area (Å²) in [6.07, 6.45) is 2.63. The molecule has 0 bridgehead atoms. The summed E-state index contributed by atoms with van der Waals surface area (Å²) in [5, 5.41) is 3.07. The van der Waals surface area contributed by atoms with Gasteiger partial charge in [0.25, 0.3) is 5.91 Å². The van der Waals surface area contributed by atoms with Crippen molar-refractivity contribution in [1.29, 1.82) is 0 Å². The van der Waals surface area contributed by atoms with E-state index >= 15 is 0 Å². The Bertz CT molecular complexity index is 476. The van der Waals surface area contributed by atoms with Gasteiger partial charge in [0.2, 0.25) is 0 Å². The molecule has 0 saturated carbocycles. The molecule has 4 nitrogen and oxygen atoms in total. The van der Waals surface area contributed by atoms with Gasteiger partial charge in [-0.25, -0.2) is 0 Å². The van der Waals surface area contributed by atoms with Gasteiger partial charge >= 0.3 is 0 Å². The summed E-state index contributed by atoms with van der Waals surface area (Å²) >= 11 is 0. The Kier molecular flexibility index (Phi) is 6.90. The normalized spacial score (nSPS) is 16.3. The van der Waals surface area contributed by atoms with Crippen LogP contribution in [-0.2, 0) is 0 Å². The molecule has 1 N–H and O–H groups in total. The minimum atomic E-state index is 0.0318. The number of hydrogen-bond donors (Lipinski definition) is 1. The number of benzene rings is 1. The SMILES string of the molecule is CCN(CC)c1ccc(C(=O)NCC(C)CN2CCCC2)cc1. The van der Waals surface area contributed by atoms with Crippen LogP contribution in [0.1, 0.15) is 44.0 Å². The fraction of sp³-hybridized carbons (Fsp3) is 0.632. The maximum Gasteiger partial charge on any atom is 0.251 e. The van der Waals surface area contributed by atoms with E-state index in [1.165, 1.54) is 31.6 Å².